The van der Waals surface area contributed by atoms with Crippen LogP contribution in [0.3, 0.4) is 0 Å². The number of methoxy groups -OCH3 is 1. The van der Waals surface area contributed by atoms with Crippen LogP contribution in [0.4, 0.5) is 0 Å². The van der Waals surface area contributed by atoms with Gasteiger partial charge in [0.1, 0.15) is 5.75 Å². The molecule has 0 aromatic heterocycles. The maximum absolute atomic E-state index is 12.0. The molecule has 1 N–H and O–H groups in total. The average molecular weight is 234 g/mol. The summed E-state index contributed by atoms with van der Waals surface area (Å²) < 4.78 is 5.10. The van der Waals surface area contributed by atoms with Crippen LogP contribution >= 0.6 is 0 Å². The Kier molecular flexibility index (Phi) is 3.13. The first-order valence-electron chi connectivity index (χ1n) is 5.54. The lowest BCUT2D eigenvalue weighted by Gasteiger charge is -2.22. The molecule has 0 saturated carbocycles. The van der Waals surface area contributed by atoms with Crippen molar-refractivity contribution in [2.24, 2.45) is 5.92 Å². The summed E-state index contributed by atoms with van der Waals surface area (Å²) >= 11 is 0. The Bertz CT molecular complexity index is 464. The highest BCUT2D eigenvalue weighted by atomic mass is 16.5. The van der Waals surface area contributed by atoms with Gasteiger partial charge in [0.25, 0.3) is 0 Å². The second kappa shape index (κ2) is 4.57. The number of ketones is 1. The Morgan fingerprint density at radius 3 is 2.94 bits per heavy atom. The molecule has 0 amide bonds. The van der Waals surface area contributed by atoms with Gasteiger partial charge < -0.3 is 9.84 Å². The second-order valence-electron chi connectivity index (χ2n) is 4.22. The van der Waals surface area contributed by atoms with Crippen LogP contribution in [0.2, 0.25) is 0 Å². The molecule has 0 radical (unpaired) electrons. The Hall–Kier alpha value is -1.84. The van der Waals surface area contributed by atoms with Gasteiger partial charge in [0.05, 0.1) is 13.5 Å². The van der Waals surface area contributed by atoms with Crippen LogP contribution in [0, 0.1) is 5.92 Å². The van der Waals surface area contributed by atoms with Gasteiger partial charge in [-0.25, -0.2) is 0 Å². The number of aliphatic carboxylic acids is 1. The van der Waals surface area contributed by atoms with Gasteiger partial charge in [-0.1, -0.05) is 0 Å². The maximum atomic E-state index is 12.0. The van der Waals surface area contributed by atoms with E-state index in [2.05, 4.69) is 0 Å². The van der Waals surface area contributed by atoms with Crippen molar-refractivity contribution in [2.75, 3.05) is 7.11 Å². The number of benzene rings is 1. The summed E-state index contributed by atoms with van der Waals surface area (Å²) in [5.41, 5.74) is 1.60. The molecule has 17 heavy (non-hydrogen) atoms. The minimum Gasteiger partial charge on any atom is -0.497 e. The molecular formula is C13H14O4. The predicted molar refractivity (Wildman–Crippen MR) is 61.4 cm³/mol. The number of carbonyl (C=O) groups is 2. The van der Waals surface area contributed by atoms with Crippen LogP contribution in [0.25, 0.3) is 0 Å². The van der Waals surface area contributed by atoms with E-state index in [0.717, 1.165) is 17.7 Å². The van der Waals surface area contributed by atoms with Crippen molar-refractivity contribution in [3.8, 4) is 5.75 Å². The number of rotatable bonds is 3. The van der Waals surface area contributed by atoms with E-state index in [1.54, 1.807) is 19.2 Å². The summed E-state index contributed by atoms with van der Waals surface area (Å²) in [4.78, 5) is 22.7. The van der Waals surface area contributed by atoms with E-state index < -0.39 is 5.97 Å². The molecular weight excluding hydrogens is 220 g/mol. The molecule has 2 rings (SSSR count). The van der Waals surface area contributed by atoms with Crippen LogP contribution in [-0.2, 0) is 11.2 Å². The summed E-state index contributed by atoms with van der Waals surface area (Å²) in [6, 6.07) is 5.31. The maximum Gasteiger partial charge on any atom is 0.304 e. The van der Waals surface area contributed by atoms with Crippen LogP contribution in [0.5, 0.6) is 5.75 Å². The van der Waals surface area contributed by atoms with Gasteiger partial charge in [-0.15, -0.1) is 0 Å². The average Bonchev–Trinajstić information content (AvgIpc) is 2.32. The van der Waals surface area contributed by atoms with Crippen molar-refractivity contribution in [3.63, 3.8) is 0 Å². The highest BCUT2D eigenvalue weighted by molar-refractivity contribution is 6.01. The highest BCUT2D eigenvalue weighted by Crippen LogP contribution is 2.30. The molecule has 0 spiro atoms. The van der Waals surface area contributed by atoms with Crippen molar-refractivity contribution in [1.29, 1.82) is 0 Å². The first-order valence-corrected chi connectivity index (χ1v) is 5.54. The van der Waals surface area contributed by atoms with E-state index in [4.69, 9.17) is 9.84 Å². The molecule has 90 valence electrons. The molecule has 0 bridgehead atoms. The summed E-state index contributed by atoms with van der Waals surface area (Å²) in [5.74, 6) is -0.627. The number of Topliss-reactive ketones (excluding diaryl/α,β-unsaturated/α-hetero) is 1. The first kappa shape index (κ1) is 11.6. The molecule has 0 aliphatic heterocycles. The molecule has 1 atom stereocenters. The van der Waals surface area contributed by atoms with Crippen LogP contribution in [-0.4, -0.2) is 24.0 Å². The normalized spacial score (nSPS) is 18.6. The number of fused-ring (bicyclic) bond motifs is 1. The Morgan fingerprint density at radius 2 is 2.29 bits per heavy atom. The summed E-state index contributed by atoms with van der Waals surface area (Å²) in [5, 5.41) is 8.74. The first-order chi connectivity index (χ1) is 8.11. The zero-order chi connectivity index (χ0) is 12.4. The lowest BCUT2D eigenvalue weighted by atomic mass is 9.81. The largest absolute Gasteiger partial charge is 0.497 e. The van der Waals surface area contributed by atoms with Crippen molar-refractivity contribution < 1.29 is 19.4 Å². The standard InChI is InChI=1S/C13H14O4/c1-17-10-4-5-11-8(6-10)2-3-9(13(11)16)7-12(14)15/h4-6,9H,2-3,7H2,1H3,(H,14,15)/t9-/m1/s1. The number of aryl methyl sites for hydroxylation is 1. The third kappa shape index (κ3) is 2.30. The fourth-order valence-corrected chi connectivity index (χ4v) is 2.23. The van der Waals surface area contributed by atoms with Crippen molar-refractivity contribution in [2.45, 2.75) is 19.3 Å². The molecule has 0 fully saturated rings. The zero-order valence-corrected chi connectivity index (χ0v) is 9.60. The van der Waals surface area contributed by atoms with Crippen LogP contribution in [0.1, 0.15) is 28.8 Å². The predicted octanol–water partition coefficient (Wildman–Crippen LogP) is 1.92. The Morgan fingerprint density at radius 1 is 1.53 bits per heavy atom. The quantitative estimate of drug-likeness (QED) is 0.867. The Balaban J connectivity index is 2.27. The fourth-order valence-electron chi connectivity index (χ4n) is 2.23. The fraction of sp³-hybridized carbons (Fsp3) is 0.385. The van der Waals surface area contributed by atoms with Crippen LogP contribution < -0.4 is 4.74 Å². The molecule has 1 aromatic carbocycles. The molecule has 0 unspecified atom stereocenters. The van der Waals surface area contributed by atoms with Crippen LogP contribution in [0.15, 0.2) is 18.2 Å². The molecule has 0 saturated heterocycles. The van der Waals surface area contributed by atoms with Gasteiger partial charge in [-0.2, -0.15) is 0 Å². The number of hydrogen-bond donors (Lipinski definition) is 1. The van der Waals surface area contributed by atoms with E-state index >= 15 is 0 Å². The van der Waals surface area contributed by atoms with E-state index in [-0.39, 0.29) is 18.1 Å². The van der Waals surface area contributed by atoms with Gasteiger partial charge in [0, 0.05) is 11.5 Å². The van der Waals surface area contributed by atoms with Gasteiger partial charge in [0.2, 0.25) is 0 Å². The second-order valence-corrected chi connectivity index (χ2v) is 4.22. The monoisotopic (exact) mass is 234 g/mol. The molecule has 1 aromatic rings. The lowest BCUT2D eigenvalue weighted by Crippen LogP contribution is -2.24. The van der Waals surface area contributed by atoms with E-state index in [0.29, 0.717) is 12.0 Å². The van der Waals surface area contributed by atoms with Gasteiger partial charge >= 0.3 is 5.97 Å². The highest BCUT2D eigenvalue weighted by Gasteiger charge is 2.29. The number of carboxylic acid groups (broad SMARTS) is 1. The topological polar surface area (TPSA) is 63.6 Å². The summed E-state index contributed by atoms with van der Waals surface area (Å²) in [6.45, 7) is 0. The third-order valence-corrected chi connectivity index (χ3v) is 3.13. The molecule has 4 heteroatoms. The lowest BCUT2D eigenvalue weighted by molar-refractivity contribution is -0.137. The summed E-state index contributed by atoms with van der Waals surface area (Å²) in [6.07, 6.45) is 1.26. The molecule has 0 heterocycles. The van der Waals surface area contributed by atoms with Gasteiger partial charge in [0.15, 0.2) is 5.78 Å². The third-order valence-electron chi connectivity index (χ3n) is 3.13. The smallest absolute Gasteiger partial charge is 0.304 e. The number of carboxylic acids is 1. The van der Waals surface area contributed by atoms with E-state index in [9.17, 15) is 9.59 Å². The Labute approximate surface area is 99.2 Å². The summed E-state index contributed by atoms with van der Waals surface area (Å²) in [7, 11) is 1.58. The van der Waals surface area contributed by atoms with Crippen molar-refractivity contribution >= 4 is 11.8 Å². The molecule has 1 aliphatic carbocycles. The molecule has 1 aliphatic rings. The number of hydrogen-bond acceptors (Lipinski definition) is 3. The minimum atomic E-state index is -0.916. The number of carbonyl (C=O) groups excluding carboxylic acids is 1. The van der Waals surface area contributed by atoms with Gasteiger partial charge in [-0.3, -0.25) is 9.59 Å². The minimum absolute atomic E-state index is 0.0590. The van der Waals surface area contributed by atoms with Gasteiger partial charge in [-0.05, 0) is 36.6 Å². The van der Waals surface area contributed by atoms with Crippen molar-refractivity contribution in [3.05, 3.63) is 29.3 Å². The van der Waals surface area contributed by atoms with E-state index in [1.165, 1.54) is 0 Å². The zero-order valence-electron chi connectivity index (χ0n) is 9.60. The van der Waals surface area contributed by atoms with Crippen molar-refractivity contribution in [1.82, 2.24) is 0 Å². The molecule has 4 nitrogen and oxygen atoms in total. The van der Waals surface area contributed by atoms with E-state index in [1.807, 2.05) is 6.07 Å². The SMILES string of the molecule is COc1ccc2c(c1)CC[C@H](CC(=O)O)C2=O. The number of ether oxygens (including phenoxy) is 1.